The Bertz CT molecular complexity index is 381. The Labute approximate surface area is 99.3 Å². The van der Waals surface area contributed by atoms with Crippen LogP contribution in [0.5, 0.6) is 5.75 Å². The zero-order valence-electron chi connectivity index (χ0n) is 8.47. The highest BCUT2D eigenvalue weighted by Crippen LogP contribution is 2.45. The summed E-state index contributed by atoms with van der Waals surface area (Å²) in [5.41, 5.74) is 6.93. The van der Waals surface area contributed by atoms with E-state index in [0.717, 1.165) is 18.4 Å². The summed E-state index contributed by atoms with van der Waals surface area (Å²) in [7, 11) is 0. The minimum Gasteiger partial charge on any atom is -0.486 e. The molecule has 2 unspecified atom stereocenters. The Kier molecular flexibility index (Phi) is 3.10. The minimum absolute atomic E-state index is 0.00222. The third-order valence-electron chi connectivity index (χ3n) is 2.67. The summed E-state index contributed by atoms with van der Waals surface area (Å²) in [5, 5.41) is 1.23. The molecule has 82 valence electrons. The third-order valence-corrected chi connectivity index (χ3v) is 3.30. The molecular formula is C11H13Cl2NO. The van der Waals surface area contributed by atoms with Crippen molar-refractivity contribution in [2.75, 3.05) is 0 Å². The molecule has 2 rings (SSSR count). The van der Waals surface area contributed by atoms with Gasteiger partial charge in [-0.3, -0.25) is 0 Å². The predicted octanol–water partition coefficient (Wildman–Crippen LogP) is 3.55. The van der Waals surface area contributed by atoms with Gasteiger partial charge >= 0.3 is 0 Å². The predicted molar refractivity (Wildman–Crippen MR) is 62.7 cm³/mol. The van der Waals surface area contributed by atoms with E-state index in [2.05, 4.69) is 6.92 Å². The fraction of sp³-hybridized carbons (Fsp3) is 0.455. The number of halogens is 2. The fourth-order valence-corrected chi connectivity index (χ4v) is 2.40. The van der Waals surface area contributed by atoms with Crippen molar-refractivity contribution in [2.45, 2.75) is 31.9 Å². The molecule has 2 nitrogen and oxygen atoms in total. The van der Waals surface area contributed by atoms with E-state index in [-0.39, 0.29) is 12.1 Å². The molecular weight excluding hydrogens is 233 g/mol. The number of benzene rings is 1. The van der Waals surface area contributed by atoms with Crippen molar-refractivity contribution in [3.05, 3.63) is 27.7 Å². The minimum atomic E-state index is -0.161. The number of rotatable bonds is 2. The molecule has 0 saturated carbocycles. The average molecular weight is 246 g/mol. The van der Waals surface area contributed by atoms with Gasteiger partial charge in [0.15, 0.2) is 0 Å². The molecule has 4 heteroatoms. The first-order chi connectivity index (χ1) is 7.15. The lowest BCUT2D eigenvalue weighted by Crippen LogP contribution is -2.25. The largest absolute Gasteiger partial charge is 0.486 e. The van der Waals surface area contributed by atoms with Gasteiger partial charge in [-0.2, -0.15) is 0 Å². The van der Waals surface area contributed by atoms with Crippen LogP contribution in [0.2, 0.25) is 10.0 Å². The number of ether oxygens (including phenoxy) is 1. The van der Waals surface area contributed by atoms with Crippen LogP contribution in [-0.4, -0.2) is 6.10 Å². The van der Waals surface area contributed by atoms with Crippen molar-refractivity contribution in [3.63, 3.8) is 0 Å². The molecule has 1 heterocycles. The van der Waals surface area contributed by atoms with Crippen molar-refractivity contribution >= 4 is 23.2 Å². The maximum atomic E-state index is 6.08. The van der Waals surface area contributed by atoms with Gasteiger partial charge < -0.3 is 10.5 Å². The zero-order valence-corrected chi connectivity index (χ0v) is 9.98. The molecule has 1 aromatic rings. The molecule has 0 spiro atoms. The first kappa shape index (κ1) is 11.1. The van der Waals surface area contributed by atoms with Crippen LogP contribution in [0.1, 0.15) is 31.4 Å². The number of fused-ring (bicyclic) bond motifs is 1. The van der Waals surface area contributed by atoms with E-state index in [1.807, 2.05) is 0 Å². The quantitative estimate of drug-likeness (QED) is 0.865. The Morgan fingerprint density at radius 1 is 1.33 bits per heavy atom. The van der Waals surface area contributed by atoms with Gasteiger partial charge in [-0.15, -0.1) is 0 Å². The van der Waals surface area contributed by atoms with Crippen molar-refractivity contribution < 1.29 is 4.74 Å². The van der Waals surface area contributed by atoms with Gasteiger partial charge in [0.05, 0.1) is 11.1 Å². The molecule has 1 aliphatic heterocycles. The number of nitrogens with two attached hydrogens (primary N) is 1. The number of hydrogen-bond acceptors (Lipinski definition) is 2. The summed E-state index contributed by atoms with van der Waals surface area (Å²) >= 11 is 12.1. The molecule has 1 aliphatic rings. The van der Waals surface area contributed by atoms with E-state index in [9.17, 15) is 0 Å². The summed E-state index contributed by atoms with van der Waals surface area (Å²) in [5.74, 6) is 0.662. The highest BCUT2D eigenvalue weighted by atomic mass is 35.5. The van der Waals surface area contributed by atoms with Gasteiger partial charge in [0.25, 0.3) is 0 Å². The van der Waals surface area contributed by atoms with Gasteiger partial charge in [0.2, 0.25) is 0 Å². The van der Waals surface area contributed by atoms with Crippen LogP contribution in [-0.2, 0) is 0 Å². The monoisotopic (exact) mass is 245 g/mol. The Morgan fingerprint density at radius 3 is 2.60 bits per heavy atom. The van der Waals surface area contributed by atoms with E-state index < -0.39 is 0 Å². The van der Waals surface area contributed by atoms with Crippen LogP contribution >= 0.6 is 23.2 Å². The molecule has 0 aromatic heterocycles. The molecule has 0 radical (unpaired) electrons. The SMILES string of the molecule is CCCC1Oc2c(Cl)ccc(Cl)c2C1N. The fourth-order valence-electron chi connectivity index (χ4n) is 1.91. The molecule has 0 aliphatic carbocycles. The summed E-state index contributed by atoms with van der Waals surface area (Å²) in [4.78, 5) is 0. The number of hydrogen-bond donors (Lipinski definition) is 1. The molecule has 2 N–H and O–H groups in total. The normalized spacial score (nSPS) is 23.7. The van der Waals surface area contributed by atoms with Gasteiger partial charge in [0, 0.05) is 10.6 Å². The maximum absolute atomic E-state index is 6.08. The van der Waals surface area contributed by atoms with Crippen LogP contribution < -0.4 is 10.5 Å². The molecule has 2 atom stereocenters. The molecule has 0 bridgehead atoms. The molecule has 15 heavy (non-hydrogen) atoms. The van der Waals surface area contributed by atoms with E-state index in [1.54, 1.807) is 12.1 Å². The molecule has 1 aromatic carbocycles. The van der Waals surface area contributed by atoms with Crippen LogP contribution in [0.4, 0.5) is 0 Å². The lowest BCUT2D eigenvalue weighted by molar-refractivity contribution is 0.195. The molecule has 0 amide bonds. The van der Waals surface area contributed by atoms with Crippen LogP contribution in [0.3, 0.4) is 0 Å². The van der Waals surface area contributed by atoms with Crippen molar-refractivity contribution in [1.82, 2.24) is 0 Å². The second-order valence-electron chi connectivity index (χ2n) is 3.74. The highest BCUT2D eigenvalue weighted by Gasteiger charge is 2.34. The summed E-state index contributed by atoms with van der Waals surface area (Å²) in [6.45, 7) is 2.10. The van der Waals surface area contributed by atoms with Gasteiger partial charge in [-0.1, -0.05) is 36.5 Å². The third kappa shape index (κ3) is 1.82. The highest BCUT2D eigenvalue weighted by molar-refractivity contribution is 6.35. The summed E-state index contributed by atoms with van der Waals surface area (Å²) in [6.07, 6.45) is 1.95. The van der Waals surface area contributed by atoms with Crippen LogP contribution in [0.15, 0.2) is 12.1 Å². The zero-order chi connectivity index (χ0) is 11.0. The van der Waals surface area contributed by atoms with E-state index >= 15 is 0 Å². The Morgan fingerprint density at radius 2 is 2.00 bits per heavy atom. The first-order valence-electron chi connectivity index (χ1n) is 5.05. The Balaban J connectivity index is 2.40. The van der Waals surface area contributed by atoms with Gasteiger partial charge in [-0.05, 0) is 18.6 Å². The second kappa shape index (κ2) is 4.20. The van der Waals surface area contributed by atoms with Gasteiger partial charge in [-0.25, -0.2) is 0 Å². The molecule has 0 fully saturated rings. The summed E-state index contributed by atoms with van der Waals surface area (Å²) < 4.78 is 5.73. The topological polar surface area (TPSA) is 35.2 Å². The molecule has 0 saturated heterocycles. The Hall–Kier alpha value is -0.440. The maximum Gasteiger partial charge on any atom is 0.144 e. The first-order valence-corrected chi connectivity index (χ1v) is 5.81. The van der Waals surface area contributed by atoms with E-state index in [4.69, 9.17) is 33.7 Å². The second-order valence-corrected chi connectivity index (χ2v) is 4.56. The van der Waals surface area contributed by atoms with Crippen molar-refractivity contribution in [1.29, 1.82) is 0 Å². The smallest absolute Gasteiger partial charge is 0.144 e. The van der Waals surface area contributed by atoms with Gasteiger partial charge in [0.1, 0.15) is 11.9 Å². The average Bonchev–Trinajstić information content (AvgIpc) is 2.53. The van der Waals surface area contributed by atoms with E-state index in [1.165, 1.54) is 0 Å². The lowest BCUT2D eigenvalue weighted by atomic mass is 10.0. The van der Waals surface area contributed by atoms with Crippen LogP contribution in [0.25, 0.3) is 0 Å². The van der Waals surface area contributed by atoms with E-state index in [0.29, 0.717) is 15.8 Å². The summed E-state index contributed by atoms with van der Waals surface area (Å²) in [6, 6.07) is 3.34. The van der Waals surface area contributed by atoms with Crippen molar-refractivity contribution in [3.8, 4) is 5.75 Å². The standard InChI is InChI=1S/C11H13Cl2NO/c1-2-3-8-10(14)9-6(12)4-5-7(13)11(9)15-8/h4-5,8,10H,2-3,14H2,1H3. The lowest BCUT2D eigenvalue weighted by Gasteiger charge is -2.13. The van der Waals surface area contributed by atoms with Crippen molar-refractivity contribution in [2.24, 2.45) is 5.73 Å². The van der Waals surface area contributed by atoms with Crippen LogP contribution in [0, 0.1) is 0 Å².